The smallest absolute Gasteiger partial charge is 0.145 e. The van der Waals surface area contributed by atoms with Crippen LogP contribution in [-0.2, 0) is 0 Å². The number of benzene rings is 1. The van der Waals surface area contributed by atoms with Crippen LogP contribution in [0.5, 0.6) is 0 Å². The van der Waals surface area contributed by atoms with Gasteiger partial charge in [-0.2, -0.15) is 0 Å². The number of nitrogens with zero attached hydrogens (tertiary/aromatic N) is 2. The predicted octanol–water partition coefficient (Wildman–Crippen LogP) is 3.79. The van der Waals surface area contributed by atoms with Gasteiger partial charge in [-0.05, 0) is 40.2 Å². The van der Waals surface area contributed by atoms with Gasteiger partial charge in [0, 0.05) is 27.9 Å². The summed E-state index contributed by atoms with van der Waals surface area (Å²) in [4.78, 5) is 4.41. The summed E-state index contributed by atoms with van der Waals surface area (Å²) in [6, 6.07) is 14.2. The number of fused-ring (bicyclic) bond motifs is 1. The number of rotatable bonds is 1. The fourth-order valence-corrected chi connectivity index (χ4v) is 2.32. The van der Waals surface area contributed by atoms with Crippen LogP contribution in [0.2, 0.25) is 0 Å². The van der Waals surface area contributed by atoms with E-state index in [4.69, 9.17) is 0 Å². The van der Waals surface area contributed by atoms with Gasteiger partial charge in [0.25, 0.3) is 0 Å². The van der Waals surface area contributed by atoms with Gasteiger partial charge in [0.1, 0.15) is 5.65 Å². The second kappa shape index (κ2) is 3.76. The molecule has 2 aromatic heterocycles. The van der Waals surface area contributed by atoms with Crippen molar-refractivity contribution in [3.63, 3.8) is 0 Å². The highest BCUT2D eigenvalue weighted by molar-refractivity contribution is 9.10. The molecule has 0 fully saturated rings. The van der Waals surface area contributed by atoms with Gasteiger partial charge in [0.05, 0.1) is 0 Å². The largest absolute Gasteiger partial charge is 0.300 e. The topological polar surface area (TPSA) is 17.8 Å². The van der Waals surface area contributed by atoms with Gasteiger partial charge >= 0.3 is 0 Å². The monoisotopic (exact) mass is 272 g/mol. The van der Waals surface area contributed by atoms with E-state index in [9.17, 15) is 0 Å². The molecule has 78 valence electrons. The summed E-state index contributed by atoms with van der Waals surface area (Å²) < 4.78 is 3.15. The molecule has 0 saturated carbocycles. The Morgan fingerprint density at radius 3 is 2.62 bits per heavy atom. The van der Waals surface area contributed by atoms with Gasteiger partial charge in [-0.15, -0.1) is 0 Å². The predicted molar refractivity (Wildman–Crippen MR) is 68.8 cm³/mol. The van der Waals surface area contributed by atoms with Gasteiger partial charge in [0.2, 0.25) is 0 Å². The van der Waals surface area contributed by atoms with Crippen LogP contribution in [0.15, 0.2) is 59.3 Å². The van der Waals surface area contributed by atoms with Gasteiger partial charge in [0.15, 0.2) is 0 Å². The van der Waals surface area contributed by atoms with E-state index < -0.39 is 0 Å². The van der Waals surface area contributed by atoms with Crippen molar-refractivity contribution >= 4 is 27.0 Å². The number of aromatic nitrogens is 2. The van der Waals surface area contributed by atoms with E-state index in [0.29, 0.717) is 0 Å². The van der Waals surface area contributed by atoms with Crippen LogP contribution in [0.1, 0.15) is 0 Å². The van der Waals surface area contributed by atoms with E-state index in [0.717, 1.165) is 21.2 Å². The maximum atomic E-state index is 4.41. The summed E-state index contributed by atoms with van der Waals surface area (Å²) >= 11 is 3.55. The third-order valence-corrected chi connectivity index (χ3v) is 3.18. The Bertz CT molecular complexity index is 629. The van der Waals surface area contributed by atoms with E-state index in [1.54, 1.807) is 0 Å². The molecule has 0 aliphatic rings. The molecule has 0 aliphatic carbocycles. The number of hydrogen-bond acceptors (Lipinski definition) is 1. The molecular weight excluding hydrogens is 264 g/mol. The minimum Gasteiger partial charge on any atom is -0.300 e. The Labute approximate surface area is 102 Å². The van der Waals surface area contributed by atoms with E-state index in [1.807, 2.05) is 36.7 Å². The lowest BCUT2D eigenvalue weighted by atomic mass is 10.3. The summed E-state index contributed by atoms with van der Waals surface area (Å²) in [6.07, 6.45) is 3.86. The van der Waals surface area contributed by atoms with E-state index in [2.05, 4.69) is 43.7 Å². The number of para-hydroxylation sites is 1. The van der Waals surface area contributed by atoms with E-state index in [-0.39, 0.29) is 0 Å². The number of hydrogen-bond donors (Lipinski definition) is 0. The molecule has 0 atom stereocenters. The van der Waals surface area contributed by atoms with Crippen molar-refractivity contribution in [2.45, 2.75) is 0 Å². The van der Waals surface area contributed by atoms with Crippen LogP contribution < -0.4 is 0 Å². The molecule has 2 nitrogen and oxygen atoms in total. The summed E-state index contributed by atoms with van der Waals surface area (Å²) in [7, 11) is 0. The molecule has 0 bridgehead atoms. The maximum absolute atomic E-state index is 4.41. The highest BCUT2D eigenvalue weighted by Crippen LogP contribution is 2.26. The molecule has 3 heteroatoms. The molecule has 0 unspecified atom stereocenters. The van der Waals surface area contributed by atoms with Crippen molar-refractivity contribution in [2.75, 3.05) is 0 Å². The molecule has 3 aromatic rings. The first-order valence-electron chi connectivity index (χ1n) is 5.03. The Kier molecular flexibility index (Phi) is 2.26. The Morgan fingerprint density at radius 2 is 1.81 bits per heavy atom. The lowest BCUT2D eigenvalue weighted by Gasteiger charge is -2.02. The third-order valence-electron chi connectivity index (χ3n) is 2.55. The Balaban J connectivity index is 2.33. The Morgan fingerprint density at radius 1 is 1.00 bits per heavy atom. The number of pyridine rings is 1. The minimum absolute atomic E-state index is 0.973. The second-order valence-electron chi connectivity index (χ2n) is 3.56. The van der Waals surface area contributed by atoms with E-state index >= 15 is 0 Å². The molecule has 0 spiro atoms. The first kappa shape index (κ1) is 9.60. The molecule has 0 saturated heterocycles. The Hall–Kier alpha value is -1.61. The molecule has 3 rings (SSSR count). The zero-order valence-corrected chi connectivity index (χ0v) is 10.1. The van der Waals surface area contributed by atoms with Crippen LogP contribution >= 0.6 is 15.9 Å². The summed E-state index contributed by atoms with van der Waals surface area (Å²) in [5.41, 5.74) is 2.09. The quantitative estimate of drug-likeness (QED) is 0.659. The van der Waals surface area contributed by atoms with Crippen LogP contribution in [0.3, 0.4) is 0 Å². The van der Waals surface area contributed by atoms with Crippen molar-refractivity contribution < 1.29 is 0 Å². The SMILES string of the molecule is Brc1cn(-c2ccccc2)c2ncccc12. The van der Waals surface area contributed by atoms with Crippen molar-refractivity contribution in [1.82, 2.24) is 9.55 Å². The van der Waals surface area contributed by atoms with E-state index in [1.165, 1.54) is 0 Å². The van der Waals surface area contributed by atoms with Crippen molar-refractivity contribution in [3.05, 3.63) is 59.3 Å². The van der Waals surface area contributed by atoms with Gasteiger partial charge < -0.3 is 4.57 Å². The molecule has 0 N–H and O–H groups in total. The zero-order chi connectivity index (χ0) is 11.0. The first-order chi connectivity index (χ1) is 7.86. The fraction of sp³-hybridized carbons (Fsp3) is 0. The summed E-state index contributed by atoms with van der Waals surface area (Å²) in [6.45, 7) is 0. The lowest BCUT2D eigenvalue weighted by molar-refractivity contribution is 1.09. The van der Waals surface area contributed by atoms with Gasteiger partial charge in [-0.1, -0.05) is 18.2 Å². The lowest BCUT2D eigenvalue weighted by Crippen LogP contribution is -1.92. The summed E-state index contributed by atoms with van der Waals surface area (Å²) in [5.74, 6) is 0. The van der Waals surface area contributed by atoms with Crippen LogP contribution in [0, 0.1) is 0 Å². The fourth-order valence-electron chi connectivity index (χ4n) is 1.80. The molecule has 2 heterocycles. The van der Waals surface area contributed by atoms with Crippen LogP contribution in [0.4, 0.5) is 0 Å². The second-order valence-corrected chi connectivity index (χ2v) is 4.41. The molecule has 16 heavy (non-hydrogen) atoms. The molecular formula is C13H9BrN2. The average Bonchev–Trinajstić information content (AvgIpc) is 2.69. The molecule has 0 aliphatic heterocycles. The molecule has 1 aromatic carbocycles. The standard InChI is InChI=1S/C13H9BrN2/c14-12-9-16(10-5-2-1-3-6-10)13-11(12)7-4-8-15-13/h1-9H. The number of halogens is 1. The zero-order valence-electron chi connectivity index (χ0n) is 8.47. The highest BCUT2D eigenvalue weighted by Gasteiger charge is 2.07. The van der Waals surface area contributed by atoms with Gasteiger partial charge in [-0.25, -0.2) is 4.98 Å². The minimum atomic E-state index is 0.973. The summed E-state index contributed by atoms with van der Waals surface area (Å²) in [5, 5.41) is 1.13. The maximum Gasteiger partial charge on any atom is 0.145 e. The van der Waals surface area contributed by atoms with Crippen LogP contribution in [0.25, 0.3) is 16.7 Å². The van der Waals surface area contributed by atoms with Crippen molar-refractivity contribution in [3.8, 4) is 5.69 Å². The first-order valence-corrected chi connectivity index (χ1v) is 5.82. The third kappa shape index (κ3) is 1.44. The van der Waals surface area contributed by atoms with Crippen molar-refractivity contribution in [2.24, 2.45) is 0 Å². The van der Waals surface area contributed by atoms with Crippen LogP contribution in [-0.4, -0.2) is 9.55 Å². The normalized spacial score (nSPS) is 10.8. The van der Waals surface area contributed by atoms with Crippen molar-refractivity contribution in [1.29, 1.82) is 0 Å². The van der Waals surface area contributed by atoms with Gasteiger partial charge in [-0.3, -0.25) is 0 Å². The average molecular weight is 273 g/mol. The molecule has 0 radical (unpaired) electrons. The highest BCUT2D eigenvalue weighted by atomic mass is 79.9. The molecule has 0 amide bonds.